The second-order valence-electron chi connectivity index (χ2n) is 6.94. The Labute approximate surface area is 138 Å². The number of carboxylic acids is 1. The molecule has 2 unspecified atom stereocenters. The number of hydrogen-bond acceptors (Lipinski definition) is 2. The third kappa shape index (κ3) is 3.76. The van der Waals surface area contributed by atoms with Gasteiger partial charge in [0, 0.05) is 5.56 Å². The van der Waals surface area contributed by atoms with Crippen LogP contribution in [0.15, 0.2) is 24.3 Å². The van der Waals surface area contributed by atoms with E-state index in [2.05, 4.69) is 11.8 Å². The summed E-state index contributed by atoms with van der Waals surface area (Å²) in [5.41, 5.74) is -0.193. The lowest BCUT2D eigenvalue weighted by Gasteiger charge is -2.32. The van der Waals surface area contributed by atoms with Crippen molar-refractivity contribution in [1.82, 2.24) is 0 Å². The van der Waals surface area contributed by atoms with E-state index >= 15 is 0 Å². The van der Waals surface area contributed by atoms with E-state index in [-0.39, 0.29) is 5.92 Å². The highest BCUT2D eigenvalue weighted by Crippen LogP contribution is 2.42. The van der Waals surface area contributed by atoms with Crippen molar-refractivity contribution < 1.29 is 15.0 Å². The molecule has 1 saturated carbocycles. The maximum absolute atomic E-state index is 11.9. The first-order chi connectivity index (χ1) is 10.8. The van der Waals surface area contributed by atoms with E-state index in [1.807, 2.05) is 38.1 Å². The summed E-state index contributed by atoms with van der Waals surface area (Å²) in [5, 5.41) is 19.7. The van der Waals surface area contributed by atoms with E-state index in [0.717, 1.165) is 36.8 Å². The van der Waals surface area contributed by atoms with Crippen LogP contribution >= 0.6 is 0 Å². The summed E-state index contributed by atoms with van der Waals surface area (Å²) >= 11 is 0. The molecule has 3 nitrogen and oxygen atoms in total. The van der Waals surface area contributed by atoms with Gasteiger partial charge in [0.25, 0.3) is 0 Å². The van der Waals surface area contributed by atoms with Gasteiger partial charge >= 0.3 is 5.97 Å². The van der Waals surface area contributed by atoms with E-state index in [1.54, 1.807) is 6.92 Å². The van der Waals surface area contributed by atoms with Crippen LogP contribution in [0.5, 0.6) is 0 Å². The van der Waals surface area contributed by atoms with Crippen LogP contribution in [0, 0.1) is 17.8 Å². The Hall–Kier alpha value is -1.79. The minimum Gasteiger partial charge on any atom is -0.481 e. The molecule has 1 aromatic carbocycles. The van der Waals surface area contributed by atoms with Crippen LogP contribution in [-0.2, 0) is 10.2 Å². The summed E-state index contributed by atoms with van der Waals surface area (Å²) in [5.74, 6) is 5.26. The average Bonchev–Trinajstić information content (AvgIpc) is 3.07. The van der Waals surface area contributed by atoms with Gasteiger partial charge in [-0.05, 0) is 56.7 Å². The SMILES string of the molecule is CCC(C)(O)C#Cc1ccc(C(C)(C(=O)O)C2CCCC2)cc1. The van der Waals surface area contributed by atoms with Gasteiger partial charge in [-0.25, -0.2) is 0 Å². The predicted octanol–water partition coefficient (Wildman–Crippen LogP) is 3.73. The standard InChI is InChI=1S/C20H26O3/c1-4-19(2,23)14-13-15-9-11-17(12-10-15)20(3,18(21)22)16-7-5-6-8-16/h9-12,16,23H,4-8H2,1-3H3,(H,21,22). The summed E-state index contributed by atoms with van der Waals surface area (Å²) < 4.78 is 0. The van der Waals surface area contributed by atoms with Crippen LogP contribution in [0.25, 0.3) is 0 Å². The molecule has 0 aliphatic heterocycles. The quantitative estimate of drug-likeness (QED) is 0.833. The molecular weight excluding hydrogens is 288 g/mol. The highest BCUT2D eigenvalue weighted by Gasteiger charge is 2.43. The van der Waals surface area contributed by atoms with Gasteiger partial charge in [-0.15, -0.1) is 0 Å². The fourth-order valence-corrected chi connectivity index (χ4v) is 3.23. The maximum atomic E-state index is 11.9. The number of rotatable bonds is 4. The van der Waals surface area contributed by atoms with E-state index in [4.69, 9.17) is 0 Å². The molecule has 23 heavy (non-hydrogen) atoms. The van der Waals surface area contributed by atoms with E-state index in [9.17, 15) is 15.0 Å². The molecule has 2 N–H and O–H groups in total. The maximum Gasteiger partial charge on any atom is 0.314 e. The second-order valence-corrected chi connectivity index (χ2v) is 6.94. The second kappa shape index (κ2) is 6.76. The normalized spacial score (nSPS) is 20.2. The Morgan fingerprint density at radius 2 is 1.78 bits per heavy atom. The number of benzene rings is 1. The molecule has 3 heteroatoms. The van der Waals surface area contributed by atoms with E-state index in [0.29, 0.717) is 6.42 Å². The lowest BCUT2D eigenvalue weighted by Crippen LogP contribution is -2.39. The van der Waals surface area contributed by atoms with Gasteiger partial charge in [0.15, 0.2) is 0 Å². The molecule has 2 atom stereocenters. The lowest BCUT2D eigenvalue weighted by atomic mass is 9.71. The summed E-state index contributed by atoms with van der Waals surface area (Å²) in [6.07, 6.45) is 4.75. The summed E-state index contributed by atoms with van der Waals surface area (Å²) in [7, 11) is 0. The molecule has 1 aromatic rings. The van der Waals surface area contributed by atoms with Gasteiger partial charge in [0.2, 0.25) is 0 Å². The zero-order valence-corrected chi connectivity index (χ0v) is 14.2. The number of aliphatic carboxylic acids is 1. The topological polar surface area (TPSA) is 57.5 Å². The number of hydrogen-bond donors (Lipinski definition) is 2. The molecule has 1 aliphatic rings. The van der Waals surface area contributed by atoms with Crippen LogP contribution in [0.1, 0.15) is 64.0 Å². The molecule has 124 valence electrons. The van der Waals surface area contributed by atoms with Gasteiger partial charge in [-0.2, -0.15) is 0 Å². The molecule has 0 aromatic heterocycles. The molecule has 2 rings (SSSR count). The van der Waals surface area contributed by atoms with Gasteiger partial charge in [0.05, 0.1) is 5.41 Å². The fraction of sp³-hybridized carbons (Fsp3) is 0.550. The summed E-state index contributed by atoms with van der Waals surface area (Å²) in [4.78, 5) is 11.9. The minimum atomic E-state index is -0.988. The number of aliphatic hydroxyl groups is 1. The predicted molar refractivity (Wildman–Crippen MR) is 91.2 cm³/mol. The van der Waals surface area contributed by atoms with E-state index in [1.165, 1.54) is 0 Å². The van der Waals surface area contributed by atoms with Crippen LogP contribution in [0.4, 0.5) is 0 Å². The molecule has 0 radical (unpaired) electrons. The first kappa shape index (κ1) is 17.6. The molecule has 0 bridgehead atoms. The third-order valence-corrected chi connectivity index (χ3v) is 5.27. The van der Waals surface area contributed by atoms with Crippen molar-refractivity contribution in [2.75, 3.05) is 0 Å². The van der Waals surface area contributed by atoms with Crippen LogP contribution in [0.2, 0.25) is 0 Å². The monoisotopic (exact) mass is 314 g/mol. The molecule has 0 spiro atoms. The highest BCUT2D eigenvalue weighted by atomic mass is 16.4. The molecule has 0 saturated heterocycles. The largest absolute Gasteiger partial charge is 0.481 e. The van der Waals surface area contributed by atoms with Gasteiger partial charge in [0.1, 0.15) is 5.60 Å². The first-order valence-corrected chi connectivity index (χ1v) is 8.39. The fourth-order valence-electron chi connectivity index (χ4n) is 3.23. The number of carboxylic acid groups (broad SMARTS) is 1. The third-order valence-electron chi connectivity index (χ3n) is 5.27. The number of carbonyl (C=O) groups is 1. The van der Waals surface area contributed by atoms with Gasteiger partial charge in [-0.3, -0.25) is 4.79 Å². The minimum absolute atomic E-state index is 0.192. The molecule has 0 amide bonds. The Morgan fingerprint density at radius 1 is 1.22 bits per heavy atom. The summed E-state index contributed by atoms with van der Waals surface area (Å²) in [6, 6.07) is 7.45. The van der Waals surface area contributed by atoms with E-state index < -0.39 is 17.0 Å². The smallest absolute Gasteiger partial charge is 0.314 e. The van der Waals surface area contributed by atoms with Crippen molar-refractivity contribution in [3.05, 3.63) is 35.4 Å². The molecule has 1 fully saturated rings. The molecule has 0 heterocycles. The first-order valence-electron chi connectivity index (χ1n) is 8.39. The zero-order valence-electron chi connectivity index (χ0n) is 14.2. The van der Waals surface area contributed by atoms with Crippen LogP contribution in [-0.4, -0.2) is 21.8 Å². The van der Waals surface area contributed by atoms with Crippen molar-refractivity contribution in [2.24, 2.45) is 5.92 Å². The summed E-state index contributed by atoms with van der Waals surface area (Å²) in [6.45, 7) is 5.42. The van der Waals surface area contributed by atoms with Crippen molar-refractivity contribution in [1.29, 1.82) is 0 Å². The Bertz CT molecular complexity index is 613. The average molecular weight is 314 g/mol. The van der Waals surface area contributed by atoms with Crippen LogP contribution in [0.3, 0.4) is 0 Å². The van der Waals surface area contributed by atoms with Crippen molar-refractivity contribution in [2.45, 2.75) is 63.9 Å². The van der Waals surface area contributed by atoms with Gasteiger partial charge < -0.3 is 10.2 Å². The van der Waals surface area contributed by atoms with Crippen molar-refractivity contribution in [3.8, 4) is 11.8 Å². The van der Waals surface area contributed by atoms with Gasteiger partial charge in [-0.1, -0.05) is 43.7 Å². The lowest BCUT2D eigenvalue weighted by molar-refractivity contribution is -0.145. The van der Waals surface area contributed by atoms with Crippen molar-refractivity contribution in [3.63, 3.8) is 0 Å². The highest BCUT2D eigenvalue weighted by molar-refractivity contribution is 5.81. The molecular formula is C20H26O3. The Kier molecular flexibility index (Phi) is 5.16. The molecule has 1 aliphatic carbocycles. The van der Waals surface area contributed by atoms with Crippen molar-refractivity contribution >= 4 is 5.97 Å². The van der Waals surface area contributed by atoms with Crippen LogP contribution < -0.4 is 0 Å². The zero-order chi connectivity index (χ0) is 17.1. The Morgan fingerprint density at radius 3 is 2.26 bits per heavy atom. The Balaban J connectivity index is 2.28.